The number of aliphatic hydroxyl groups excluding tert-OH is 1. The summed E-state index contributed by atoms with van der Waals surface area (Å²) >= 11 is 0. The van der Waals surface area contributed by atoms with Crippen molar-refractivity contribution in [1.29, 1.82) is 0 Å². The van der Waals surface area contributed by atoms with Crippen LogP contribution in [0.3, 0.4) is 0 Å². The van der Waals surface area contributed by atoms with Gasteiger partial charge in [0.25, 0.3) is 0 Å². The lowest BCUT2D eigenvalue weighted by Crippen LogP contribution is -2.30. The van der Waals surface area contributed by atoms with Crippen LogP contribution in [-0.4, -0.2) is 96.7 Å². The van der Waals surface area contributed by atoms with E-state index in [4.69, 9.17) is 37.0 Å². The molecule has 0 aliphatic heterocycles. The van der Waals surface area contributed by atoms with Crippen molar-refractivity contribution < 1.29 is 80.2 Å². The van der Waals surface area contributed by atoms with Crippen molar-refractivity contribution in [3.63, 3.8) is 0 Å². The summed E-state index contributed by atoms with van der Waals surface area (Å²) in [6.07, 6.45) is 58.2. The Balaban J connectivity index is 5.23. The number of aliphatic hydroxyl groups is 1. The van der Waals surface area contributed by atoms with Gasteiger partial charge in [-0.05, 0) is 37.5 Å². The fourth-order valence-corrected chi connectivity index (χ4v) is 13.6. The molecule has 0 rings (SSSR count). The highest BCUT2D eigenvalue weighted by atomic mass is 31.2. The van der Waals surface area contributed by atoms with E-state index in [0.29, 0.717) is 25.7 Å². The van der Waals surface area contributed by atoms with E-state index in [-0.39, 0.29) is 25.7 Å². The minimum absolute atomic E-state index is 0.107. The van der Waals surface area contributed by atoms with E-state index >= 15 is 0 Å². The van der Waals surface area contributed by atoms with Crippen molar-refractivity contribution in [1.82, 2.24) is 0 Å². The zero-order chi connectivity index (χ0) is 71.4. The van der Waals surface area contributed by atoms with E-state index in [9.17, 15) is 43.2 Å². The molecule has 0 saturated carbocycles. The Morgan fingerprint density at radius 3 is 0.701 bits per heavy atom. The summed E-state index contributed by atoms with van der Waals surface area (Å²) in [5.74, 6) is -0.554. The third-order valence-electron chi connectivity index (χ3n) is 18.2. The van der Waals surface area contributed by atoms with Crippen molar-refractivity contribution in [2.24, 2.45) is 11.8 Å². The van der Waals surface area contributed by atoms with Gasteiger partial charge < -0.3 is 33.8 Å². The molecule has 2 unspecified atom stereocenters. The number of rotatable bonds is 77. The highest BCUT2D eigenvalue weighted by Crippen LogP contribution is 2.45. The van der Waals surface area contributed by atoms with Crippen LogP contribution in [-0.2, 0) is 65.4 Å². The second-order valence-corrected chi connectivity index (χ2v) is 32.0. The molecule has 17 nitrogen and oxygen atoms in total. The molecule has 0 aromatic rings. The molecule has 0 aromatic heterocycles. The smallest absolute Gasteiger partial charge is 0.462 e. The van der Waals surface area contributed by atoms with Crippen molar-refractivity contribution in [3.8, 4) is 0 Å². The number of carbonyl (C=O) groups is 4. The van der Waals surface area contributed by atoms with Gasteiger partial charge in [0, 0.05) is 25.7 Å². The molecule has 0 aliphatic carbocycles. The Kier molecular flexibility index (Phi) is 68.4. The number of carbonyl (C=O) groups excluding carboxylic acids is 4. The largest absolute Gasteiger partial charge is 0.472 e. The fourth-order valence-electron chi connectivity index (χ4n) is 12.0. The van der Waals surface area contributed by atoms with Crippen molar-refractivity contribution in [2.75, 3.05) is 39.6 Å². The Labute approximate surface area is 594 Å². The molecule has 0 saturated heterocycles. The van der Waals surface area contributed by atoms with E-state index in [2.05, 4.69) is 41.5 Å². The molecule has 0 amide bonds. The highest BCUT2D eigenvalue weighted by Gasteiger charge is 2.30. The molecule has 0 bridgehead atoms. The lowest BCUT2D eigenvalue weighted by molar-refractivity contribution is -0.161. The number of hydrogen-bond donors (Lipinski definition) is 3. The molecule has 0 fully saturated rings. The predicted molar refractivity (Wildman–Crippen MR) is 395 cm³/mol. The molecule has 3 N–H and O–H groups in total. The SMILES string of the molecule is CCCCCCCCCCCCCCCCCCCCC(=O)O[C@H](COC(=O)CCCCCCCCCCCCCCC(C)C)COP(=O)(O)OC[C@@H](O)COP(=O)(O)OC[C@@H](COC(=O)CCCCCCCCCCC)OC(=O)CCCCCCCCCCCCCCC(C)C. The fraction of sp³-hybridized carbons (Fsp3) is 0.949. The third kappa shape index (κ3) is 72.2. The second kappa shape index (κ2) is 69.8. The van der Waals surface area contributed by atoms with Crippen LogP contribution in [0.15, 0.2) is 0 Å². The molecular weight excluding hydrogens is 1270 g/mol. The zero-order valence-corrected chi connectivity index (χ0v) is 65.2. The number of hydrogen-bond acceptors (Lipinski definition) is 15. The van der Waals surface area contributed by atoms with Crippen molar-refractivity contribution >= 4 is 39.5 Å². The number of phosphoric acid groups is 2. The number of ether oxygens (including phenoxy) is 4. The maximum Gasteiger partial charge on any atom is 0.472 e. The zero-order valence-electron chi connectivity index (χ0n) is 63.4. The topological polar surface area (TPSA) is 237 Å². The summed E-state index contributed by atoms with van der Waals surface area (Å²) < 4.78 is 68.6. The quantitative estimate of drug-likeness (QED) is 0.0222. The van der Waals surface area contributed by atoms with Gasteiger partial charge in [-0.15, -0.1) is 0 Å². The lowest BCUT2D eigenvalue weighted by Gasteiger charge is -2.21. The van der Waals surface area contributed by atoms with E-state index in [1.165, 1.54) is 225 Å². The monoisotopic (exact) mass is 1420 g/mol. The maximum atomic E-state index is 13.1. The maximum absolute atomic E-state index is 13.1. The van der Waals surface area contributed by atoms with E-state index in [0.717, 1.165) is 102 Å². The molecule has 5 atom stereocenters. The summed E-state index contributed by atoms with van der Waals surface area (Å²) in [5, 5.41) is 10.6. The molecule has 0 radical (unpaired) electrons. The molecular formula is C78H152O17P2. The Hall–Kier alpha value is -1.94. The predicted octanol–water partition coefficient (Wildman–Crippen LogP) is 23.1. The van der Waals surface area contributed by atoms with Crippen molar-refractivity contribution in [2.45, 2.75) is 426 Å². The Morgan fingerprint density at radius 2 is 0.474 bits per heavy atom. The molecule has 19 heteroatoms. The lowest BCUT2D eigenvalue weighted by atomic mass is 10.0. The normalized spacial score (nSPS) is 14.0. The molecule has 0 aliphatic rings. The summed E-state index contributed by atoms with van der Waals surface area (Å²) in [6, 6.07) is 0. The van der Waals surface area contributed by atoms with Crippen LogP contribution in [0.1, 0.15) is 408 Å². The highest BCUT2D eigenvalue weighted by molar-refractivity contribution is 7.47. The summed E-state index contributed by atoms with van der Waals surface area (Å²) in [5.41, 5.74) is 0. The second-order valence-electron chi connectivity index (χ2n) is 29.1. The van der Waals surface area contributed by atoms with Gasteiger partial charge >= 0.3 is 39.5 Å². The van der Waals surface area contributed by atoms with Gasteiger partial charge in [-0.2, -0.15) is 0 Å². The summed E-state index contributed by atoms with van der Waals surface area (Å²) in [6.45, 7) is 9.62. The van der Waals surface area contributed by atoms with E-state index < -0.39 is 97.5 Å². The minimum Gasteiger partial charge on any atom is -0.462 e. The van der Waals surface area contributed by atoms with Crippen LogP contribution in [0.2, 0.25) is 0 Å². The average Bonchev–Trinajstić information content (AvgIpc) is 1.85. The summed E-state index contributed by atoms with van der Waals surface area (Å²) in [7, 11) is -9.91. The first-order valence-corrected chi connectivity index (χ1v) is 43.5. The van der Waals surface area contributed by atoms with Crippen LogP contribution < -0.4 is 0 Å². The van der Waals surface area contributed by atoms with Gasteiger partial charge in [0.15, 0.2) is 12.2 Å². The van der Waals surface area contributed by atoms with Crippen LogP contribution >= 0.6 is 15.6 Å². The first kappa shape index (κ1) is 95.1. The molecule has 0 aromatic carbocycles. The van der Waals surface area contributed by atoms with E-state index in [1.807, 2.05) is 0 Å². The molecule has 97 heavy (non-hydrogen) atoms. The van der Waals surface area contributed by atoms with Crippen LogP contribution in [0.4, 0.5) is 0 Å². The number of phosphoric ester groups is 2. The van der Waals surface area contributed by atoms with Gasteiger partial charge in [0.1, 0.15) is 19.3 Å². The third-order valence-corrected chi connectivity index (χ3v) is 20.1. The van der Waals surface area contributed by atoms with Crippen molar-refractivity contribution in [3.05, 3.63) is 0 Å². The molecule has 0 heterocycles. The standard InChI is InChI=1S/C78H152O17P2/c1-7-9-11-13-15-17-18-19-20-21-22-23-24-32-38-44-50-56-62-77(82)95-74(67-89-76(81)61-55-49-43-37-31-27-25-29-35-40-46-52-58-70(3)4)69-93-97(86,87)91-65-72(79)64-90-96(84,85)92-68-73(66-88-75(80)60-54-48-42-34-16-14-12-10-8-2)94-78(83)63-57-51-45-39-33-28-26-30-36-41-47-53-59-71(5)6/h70-74,79H,7-69H2,1-6H3,(H,84,85)(H,86,87)/t72-,73+,74+/m0/s1. The van der Waals surface area contributed by atoms with Gasteiger partial charge in [-0.25, -0.2) is 9.13 Å². The molecule has 0 spiro atoms. The van der Waals surface area contributed by atoms with Gasteiger partial charge in [0.05, 0.1) is 26.4 Å². The summed E-state index contributed by atoms with van der Waals surface area (Å²) in [4.78, 5) is 72.9. The van der Waals surface area contributed by atoms with Gasteiger partial charge in [-0.1, -0.05) is 356 Å². The van der Waals surface area contributed by atoms with Gasteiger partial charge in [-0.3, -0.25) is 37.3 Å². The first-order chi connectivity index (χ1) is 46.9. The van der Waals surface area contributed by atoms with Crippen LogP contribution in [0.25, 0.3) is 0 Å². The van der Waals surface area contributed by atoms with Crippen LogP contribution in [0, 0.1) is 11.8 Å². The van der Waals surface area contributed by atoms with E-state index in [1.54, 1.807) is 0 Å². The average molecular weight is 1420 g/mol. The van der Waals surface area contributed by atoms with Gasteiger partial charge in [0.2, 0.25) is 0 Å². The molecule has 576 valence electrons. The minimum atomic E-state index is -4.96. The number of unbranched alkanes of at least 4 members (excludes halogenated alkanes) is 47. The number of esters is 4. The Bertz CT molecular complexity index is 1870. The van der Waals surface area contributed by atoms with Crippen LogP contribution in [0.5, 0.6) is 0 Å². The Morgan fingerprint density at radius 1 is 0.278 bits per heavy atom. The first-order valence-electron chi connectivity index (χ1n) is 40.5.